The summed E-state index contributed by atoms with van der Waals surface area (Å²) in [6.07, 6.45) is 3.70. The van der Waals surface area contributed by atoms with E-state index in [9.17, 15) is 0 Å². The van der Waals surface area contributed by atoms with E-state index in [2.05, 4.69) is 16.5 Å². The number of rotatable bonds is 3. The molecular weight excluding hydrogens is 214 g/mol. The summed E-state index contributed by atoms with van der Waals surface area (Å²) in [5.74, 6) is 0. The van der Waals surface area contributed by atoms with E-state index in [1.165, 1.54) is 0 Å². The van der Waals surface area contributed by atoms with Crippen LogP contribution in [0.15, 0.2) is 18.5 Å². The summed E-state index contributed by atoms with van der Waals surface area (Å²) in [6.45, 7) is 2.72. The van der Waals surface area contributed by atoms with Crippen LogP contribution in [0.2, 0.25) is 0 Å². The fourth-order valence-corrected chi connectivity index (χ4v) is 1.76. The molecule has 2 aromatic heterocycles. The molecule has 2 aromatic rings. The quantitative estimate of drug-likeness (QED) is 0.868. The molecule has 0 unspecified atom stereocenters. The van der Waals surface area contributed by atoms with Crippen molar-refractivity contribution in [1.82, 2.24) is 14.3 Å². The molecule has 17 heavy (non-hydrogen) atoms. The third kappa shape index (κ3) is 2.16. The molecule has 0 atom stereocenters. The maximum absolute atomic E-state index is 8.94. The Morgan fingerprint density at radius 1 is 1.47 bits per heavy atom. The maximum atomic E-state index is 8.94. The Bertz CT molecular complexity index is 570. The summed E-state index contributed by atoms with van der Waals surface area (Å²) in [5, 5.41) is 16.3. The summed E-state index contributed by atoms with van der Waals surface area (Å²) >= 11 is 0. The summed E-state index contributed by atoms with van der Waals surface area (Å²) in [4.78, 5) is 0. The first kappa shape index (κ1) is 11.3. The molecule has 2 heterocycles. The van der Waals surface area contributed by atoms with Gasteiger partial charge in [0.15, 0.2) is 0 Å². The second-order valence-electron chi connectivity index (χ2n) is 4.07. The zero-order valence-corrected chi connectivity index (χ0v) is 10.2. The molecule has 88 valence electrons. The van der Waals surface area contributed by atoms with Gasteiger partial charge >= 0.3 is 0 Å². The minimum Gasteiger partial charge on any atom is -0.378 e. The number of nitrogens with one attached hydrogen (secondary N) is 1. The van der Waals surface area contributed by atoms with Gasteiger partial charge in [-0.25, -0.2) is 0 Å². The first-order valence-electron chi connectivity index (χ1n) is 5.39. The van der Waals surface area contributed by atoms with Gasteiger partial charge in [0.05, 0.1) is 11.9 Å². The molecule has 5 heteroatoms. The number of nitriles is 1. The van der Waals surface area contributed by atoms with Crippen LogP contribution < -0.4 is 5.32 Å². The Kier molecular flexibility index (Phi) is 2.88. The van der Waals surface area contributed by atoms with Gasteiger partial charge in [0.2, 0.25) is 0 Å². The molecule has 0 aliphatic rings. The first-order chi connectivity index (χ1) is 8.11. The van der Waals surface area contributed by atoms with E-state index in [0.29, 0.717) is 12.2 Å². The zero-order valence-electron chi connectivity index (χ0n) is 10.2. The van der Waals surface area contributed by atoms with Crippen molar-refractivity contribution in [2.75, 3.05) is 5.32 Å². The normalized spacial score (nSPS) is 10.2. The van der Waals surface area contributed by atoms with Crippen molar-refractivity contribution < 1.29 is 0 Å². The maximum Gasteiger partial charge on any atom is 0.120 e. The van der Waals surface area contributed by atoms with E-state index in [1.54, 1.807) is 10.9 Å². The highest BCUT2D eigenvalue weighted by Crippen LogP contribution is 2.15. The first-order valence-corrected chi connectivity index (χ1v) is 5.39. The van der Waals surface area contributed by atoms with Crippen molar-refractivity contribution in [3.05, 3.63) is 35.4 Å². The molecule has 0 aliphatic carbocycles. The minimum absolute atomic E-state index is 0.686. The number of anilines is 1. The van der Waals surface area contributed by atoms with Crippen molar-refractivity contribution in [2.24, 2.45) is 14.1 Å². The highest BCUT2D eigenvalue weighted by Gasteiger charge is 2.08. The van der Waals surface area contributed by atoms with E-state index in [4.69, 9.17) is 5.26 Å². The van der Waals surface area contributed by atoms with E-state index in [-0.39, 0.29) is 0 Å². The van der Waals surface area contributed by atoms with E-state index in [1.807, 2.05) is 37.8 Å². The molecule has 0 saturated heterocycles. The van der Waals surface area contributed by atoms with Crippen LogP contribution in [0.4, 0.5) is 5.69 Å². The van der Waals surface area contributed by atoms with Crippen LogP contribution in [0, 0.1) is 18.3 Å². The average molecular weight is 229 g/mol. The van der Waals surface area contributed by atoms with E-state index in [0.717, 1.165) is 16.9 Å². The SMILES string of the molecule is Cc1c(CNc2cnn(C)c2)cc(C#N)n1C. The smallest absolute Gasteiger partial charge is 0.120 e. The Morgan fingerprint density at radius 3 is 2.76 bits per heavy atom. The van der Waals surface area contributed by atoms with Crippen LogP contribution in [0.25, 0.3) is 0 Å². The Morgan fingerprint density at radius 2 is 2.24 bits per heavy atom. The fourth-order valence-electron chi connectivity index (χ4n) is 1.76. The Labute approximate surface area is 100 Å². The van der Waals surface area contributed by atoms with Crippen LogP contribution in [0.3, 0.4) is 0 Å². The summed E-state index contributed by atoms with van der Waals surface area (Å²) in [5.41, 5.74) is 3.91. The molecule has 0 spiro atoms. The molecule has 0 amide bonds. The second-order valence-corrected chi connectivity index (χ2v) is 4.07. The number of hydrogen-bond donors (Lipinski definition) is 1. The number of hydrogen-bond acceptors (Lipinski definition) is 3. The van der Waals surface area contributed by atoms with Gasteiger partial charge in [-0.15, -0.1) is 0 Å². The van der Waals surface area contributed by atoms with E-state index < -0.39 is 0 Å². The minimum atomic E-state index is 0.686. The van der Waals surface area contributed by atoms with Crippen molar-refractivity contribution >= 4 is 5.69 Å². The summed E-state index contributed by atoms with van der Waals surface area (Å²) in [7, 11) is 3.79. The third-order valence-corrected chi connectivity index (χ3v) is 2.94. The standard InChI is InChI=1S/C12H15N5/c1-9-10(4-12(5-13)17(9)3)6-14-11-7-15-16(2)8-11/h4,7-8,14H,6H2,1-3H3. The van der Waals surface area contributed by atoms with Gasteiger partial charge in [0.1, 0.15) is 11.8 Å². The van der Waals surface area contributed by atoms with Crippen LogP contribution in [-0.2, 0) is 20.6 Å². The van der Waals surface area contributed by atoms with Gasteiger partial charge in [-0.1, -0.05) is 0 Å². The number of nitrogens with zero attached hydrogens (tertiary/aromatic N) is 4. The zero-order chi connectivity index (χ0) is 12.4. The lowest BCUT2D eigenvalue weighted by atomic mass is 10.2. The lowest BCUT2D eigenvalue weighted by molar-refractivity contribution is 0.768. The molecule has 5 nitrogen and oxygen atoms in total. The van der Waals surface area contributed by atoms with Crippen molar-refractivity contribution in [2.45, 2.75) is 13.5 Å². The van der Waals surface area contributed by atoms with Crippen LogP contribution in [0.1, 0.15) is 17.0 Å². The summed E-state index contributed by atoms with van der Waals surface area (Å²) in [6, 6.07) is 4.09. The van der Waals surface area contributed by atoms with Gasteiger partial charge in [0, 0.05) is 32.5 Å². The lowest BCUT2D eigenvalue weighted by Gasteiger charge is -2.03. The third-order valence-electron chi connectivity index (χ3n) is 2.94. The topological polar surface area (TPSA) is 58.6 Å². The van der Waals surface area contributed by atoms with Crippen LogP contribution in [-0.4, -0.2) is 14.3 Å². The molecule has 1 N–H and O–H groups in total. The molecule has 2 rings (SSSR count). The van der Waals surface area contributed by atoms with Crippen molar-refractivity contribution in [1.29, 1.82) is 5.26 Å². The molecule has 0 saturated carbocycles. The molecule has 0 radical (unpaired) electrons. The molecule has 0 bridgehead atoms. The molecule has 0 aromatic carbocycles. The molecular formula is C12H15N5. The van der Waals surface area contributed by atoms with Crippen molar-refractivity contribution in [3.63, 3.8) is 0 Å². The number of aromatic nitrogens is 3. The molecule has 0 aliphatic heterocycles. The predicted molar refractivity (Wildman–Crippen MR) is 65.4 cm³/mol. The largest absolute Gasteiger partial charge is 0.378 e. The Hall–Kier alpha value is -2.22. The van der Waals surface area contributed by atoms with Crippen LogP contribution in [0.5, 0.6) is 0 Å². The predicted octanol–water partition coefficient (Wildman–Crippen LogP) is 1.55. The highest BCUT2D eigenvalue weighted by molar-refractivity contribution is 5.41. The van der Waals surface area contributed by atoms with Crippen molar-refractivity contribution in [3.8, 4) is 6.07 Å². The van der Waals surface area contributed by atoms with Gasteiger partial charge in [0.25, 0.3) is 0 Å². The van der Waals surface area contributed by atoms with Gasteiger partial charge in [-0.3, -0.25) is 4.68 Å². The lowest BCUT2D eigenvalue weighted by Crippen LogP contribution is -2.00. The monoisotopic (exact) mass is 229 g/mol. The average Bonchev–Trinajstić information content (AvgIpc) is 2.84. The van der Waals surface area contributed by atoms with Gasteiger partial charge < -0.3 is 9.88 Å². The summed E-state index contributed by atoms with van der Waals surface area (Å²) < 4.78 is 3.65. The molecule has 0 fully saturated rings. The van der Waals surface area contributed by atoms with E-state index >= 15 is 0 Å². The highest BCUT2D eigenvalue weighted by atomic mass is 15.3. The Balaban J connectivity index is 2.12. The fraction of sp³-hybridized carbons (Fsp3) is 0.333. The second kappa shape index (κ2) is 4.34. The van der Waals surface area contributed by atoms with Gasteiger partial charge in [-0.05, 0) is 18.6 Å². The van der Waals surface area contributed by atoms with Crippen LogP contribution >= 0.6 is 0 Å². The van der Waals surface area contributed by atoms with Gasteiger partial charge in [-0.2, -0.15) is 10.4 Å². The number of aryl methyl sites for hydroxylation is 1.